The van der Waals surface area contributed by atoms with E-state index in [1.807, 2.05) is 13.8 Å². The van der Waals surface area contributed by atoms with Gasteiger partial charge in [-0.2, -0.15) is 20.2 Å². The molecule has 1 rings (SSSR count). The lowest BCUT2D eigenvalue weighted by Crippen LogP contribution is -2.30. The minimum absolute atomic E-state index is 0.00387. The summed E-state index contributed by atoms with van der Waals surface area (Å²) in [5, 5.41) is 8.68. The molecule has 98 valence electrons. The minimum atomic E-state index is -0.00387. The Hall–Kier alpha value is -2.10. The molecule has 0 aliphatic heterocycles. The van der Waals surface area contributed by atoms with Crippen LogP contribution in [0.25, 0.3) is 0 Å². The van der Waals surface area contributed by atoms with E-state index in [9.17, 15) is 0 Å². The van der Waals surface area contributed by atoms with Crippen LogP contribution in [0.1, 0.15) is 26.7 Å². The fourth-order valence-electron chi connectivity index (χ4n) is 1.24. The van der Waals surface area contributed by atoms with Gasteiger partial charge in [-0.25, -0.2) is 0 Å². The maximum Gasteiger partial charge on any atom is 0.323 e. The first-order valence-electron chi connectivity index (χ1n) is 5.82. The van der Waals surface area contributed by atoms with Crippen LogP contribution in [-0.2, 0) is 0 Å². The van der Waals surface area contributed by atoms with Gasteiger partial charge in [0.25, 0.3) is 0 Å². The van der Waals surface area contributed by atoms with E-state index in [1.54, 1.807) is 11.9 Å². The van der Waals surface area contributed by atoms with E-state index in [1.165, 1.54) is 0 Å². The molecule has 0 spiro atoms. The van der Waals surface area contributed by atoms with E-state index in [0.29, 0.717) is 19.0 Å². The van der Waals surface area contributed by atoms with E-state index in [2.05, 4.69) is 21.0 Å². The summed E-state index contributed by atoms with van der Waals surface area (Å²) in [6.07, 6.45) is 1.24. The fraction of sp³-hybridized carbons (Fsp3) is 0.636. The number of nitrogens with two attached hydrogens (primary N) is 1. The van der Waals surface area contributed by atoms with Crippen molar-refractivity contribution in [1.29, 1.82) is 5.26 Å². The largest absolute Gasteiger partial charge is 0.463 e. The predicted molar refractivity (Wildman–Crippen MR) is 68.1 cm³/mol. The third-order valence-electron chi connectivity index (χ3n) is 2.42. The highest BCUT2D eigenvalue weighted by Gasteiger charge is 2.15. The summed E-state index contributed by atoms with van der Waals surface area (Å²) in [6.45, 7) is 4.43. The average Bonchev–Trinajstić information content (AvgIpc) is 2.35. The van der Waals surface area contributed by atoms with Crippen molar-refractivity contribution in [1.82, 2.24) is 15.0 Å². The van der Waals surface area contributed by atoms with Gasteiger partial charge in [-0.3, -0.25) is 0 Å². The number of nitriles is 1. The summed E-state index contributed by atoms with van der Waals surface area (Å²) in [5.41, 5.74) is 5.61. The first kappa shape index (κ1) is 14.0. The Balaban J connectivity index is 2.88. The quantitative estimate of drug-likeness (QED) is 0.803. The molecule has 18 heavy (non-hydrogen) atoms. The van der Waals surface area contributed by atoms with Crippen LogP contribution < -0.4 is 15.4 Å². The van der Waals surface area contributed by atoms with Gasteiger partial charge in [0.15, 0.2) is 0 Å². The zero-order valence-corrected chi connectivity index (χ0v) is 10.9. The number of aromatic nitrogens is 3. The summed E-state index contributed by atoms with van der Waals surface area (Å²) in [7, 11) is 1.81. The van der Waals surface area contributed by atoms with Gasteiger partial charge < -0.3 is 15.4 Å². The van der Waals surface area contributed by atoms with Crippen molar-refractivity contribution in [2.75, 3.05) is 24.3 Å². The number of nitrogens with zero attached hydrogens (tertiary/aromatic N) is 5. The number of anilines is 2. The second-order valence-electron chi connectivity index (χ2n) is 3.95. The maximum atomic E-state index is 8.68. The Morgan fingerprint density at radius 2 is 2.17 bits per heavy atom. The number of hydrogen-bond donors (Lipinski definition) is 1. The van der Waals surface area contributed by atoms with Crippen LogP contribution in [0.5, 0.6) is 6.01 Å². The molecule has 0 radical (unpaired) electrons. The summed E-state index contributed by atoms with van der Waals surface area (Å²) in [4.78, 5) is 13.9. The molecule has 0 aromatic carbocycles. The Morgan fingerprint density at radius 1 is 1.44 bits per heavy atom. The second-order valence-corrected chi connectivity index (χ2v) is 3.95. The third-order valence-corrected chi connectivity index (χ3v) is 2.42. The molecule has 1 aromatic heterocycles. The SMILES string of the molecule is CCCOc1nc(N)nc(N(C)C(C)CC#N)n1. The number of hydrogen-bond acceptors (Lipinski definition) is 7. The minimum Gasteiger partial charge on any atom is -0.463 e. The molecule has 1 heterocycles. The first-order chi connectivity index (χ1) is 8.58. The first-order valence-corrected chi connectivity index (χ1v) is 5.82. The molecule has 7 nitrogen and oxygen atoms in total. The highest BCUT2D eigenvalue weighted by Crippen LogP contribution is 2.15. The molecular weight excluding hydrogens is 232 g/mol. The monoisotopic (exact) mass is 250 g/mol. The van der Waals surface area contributed by atoms with Gasteiger partial charge in [-0.1, -0.05) is 6.92 Å². The van der Waals surface area contributed by atoms with Crippen LogP contribution in [0.3, 0.4) is 0 Å². The van der Waals surface area contributed by atoms with Gasteiger partial charge in [-0.15, -0.1) is 0 Å². The van der Waals surface area contributed by atoms with Gasteiger partial charge in [-0.05, 0) is 13.3 Å². The molecule has 7 heteroatoms. The molecule has 0 amide bonds. The molecule has 0 bridgehead atoms. The van der Waals surface area contributed by atoms with E-state index >= 15 is 0 Å². The van der Waals surface area contributed by atoms with Gasteiger partial charge in [0.1, 0.15) is 0 Å². The van der Waals surface area contributed by atoms with E-state index in [4.69, 9.17) is 15.7 Å². The lowest BCUT2D eigenvalue weighted by Gasteiger charge is -2.22. The van der Waals surface area contributed by atoms with Crippen LogP contribution in [0.4, 0.5) is 11.9 Å². The number of nitrogen functional groups attached to an aromatic ring is 1. The molecule has 0 fully saturated rings. The molecule has 0 aliphatic rings. The van der Waals surface area contributed by atoms with Crippen molar-refractivity contribution in [2.24, 2.45) is 0 Å². The summed E-state index contributed by atoms with van der Waals surface area (Å²) in [5.74, 6) is 0.526. The third kappa shape index (κ3) is 3.73. The predicted octanol–water partition coefficient (Wildman–Crippen LogP) is 0.981. The molecular formula is C11H18N6O. The zero-order valence-electron chi connectivity index (χ0n) is 10.9. The standard InChI is InChI=1S/C11H18N6O/c1-4-7-18-11-15-9(13)14-10(16-11)17(3)8(2)5-6-12/h8H,4-5,7H2,1-3H3,(H2,13,14,15,16). The average molecular weight is 250 g/mol. The molecule has 1 aromatic rings. The molecule has 1 atom stereocenters. The summed E-state index contributed by atoms with van der Waals surface area (Å²) in [6, 6.07) is 2.32. The van der Waals surface area contributed by atoms with Crippen LogP contribution in [-0.4, -0.2) is 34.6 Å². The van der Waals surface area contributed by atoms with Crippen molar-refractivity contribution in [3.8, 4) is 12.1 Å². The van der Waals surface area contributed by atoms with E-state index in [-0.39, 0.29) is 18.0 Å². The van der Waals surface area contributed by atoms with Crippen molar-refractivity contribution >= 4 is 11.9 Å². The van der Waals surface area contributed by atoms with Crippen molar-refractivity contribution in [3.05, 3.63) is 0 Å². The normalized spacial score (nSPS) is 11.7. The molecule has 0 saturated heterocycles. The van der Waals surface area contributed by atoms with E-state index in [0.717, 1.165) is 6.42 Å². The van der Waals surface area contributed by atoms with Crippen LogP contribution in [0, 0.1) is 11.3 Å². The fourth-order valence-corrected chi connectivity index (χ4v) is 1.24. The summed E-state index contributed by atoms with van der Waals surface area (Å²) < 4.78 is 5.33. The van der Waals surface area contributed by atoms with Crippen LogP contribution in [0.15, 0.2) is 0 Å². The van der Waals surface area contributed by atoms with Crippen LogP contribution >= 0.6 is 0 Å². The van der Waals surface area contributed by atoms with Crippen molar-refractivity contribution in [2.45, 2.75) is 32.7 Å². The van der Waals surface area contributed by atoms with Gasteiger partial charge in [0.2, 0.25) is 11.9 Å². The number of rotatable bonds is 6. The highest BCUT2D eigenvalue weighted by atomic mass is 16.5. The Bertz CT molecular complexity index is 430. The molecule has 2 N–H and O–H groups in total. The molecule has 1 unspecified atom stereocenters. The van der Waals surface area contributed by atoms with Crippen molar-refractivity contribution < 1.29 is 4.74 Å². The maximum absolute atomic E-state index is 8.68. The zero-order chi connectivity index (χ0) is 13.5. The van der Waals surface area contributed by atoms with Gasteiger partial charge in [0.05, 0.1) is 19.1 Å². The van der Waals surface area contributed by atoms with E-state index < -0.39 is 0 Å². The Kier molecular flexibility index (Phi) is 5.11. The lowest BCUT2D eigenvalue weighted by atomic mass is 10.2. The Labute approximate surface area is 107 Å². The smallest absolute Gasteiger partial charge is 0.323 e. The topological polar surface area (TPSA) is 101 Å². The lowest BCUT2D eigenvalue weighted by molar-refractivity contribution is 0.292. The second kappa shape index (κ2) is 6.59. The van der Waals surface area contributed by atoms with Gasteiger partial charge >= 0.3 is 6.01 Å². The Morgan fingerprint density at radius 3 is 2.78 bits per heavy atom. The molecule has 0 saturated carbocycles. The summed E-state index contributed by atoms with van der Waals surface area (Å²) >= 11 is 0. The van der Waals surface area contributed by atoms with Crippen molar-refractivity contribution in [3.63, 3.8) is 0 Å². The van der Waals surface area contributed by atoms with Crippen LogP contribution in [0.2, 0.25) is 0 Å². The highest BCUT2D eigenvalue weighted by molar-refractivity contribution is 5.36. The number of ether oxygens (including phenoxy) is 1. The van der Waals surface area contributed by atoms with Gasteiger partial charge in [0, 0.05) is 13.1 Å². The molecule has 0 aliphatic carbocycles.